The third kappa shape index (κ3) is 6.56. The smallest absolute Gasteiger partial charge is 0.408 e. The van der Waals surface area contributed by atoms with Gasteiger partial charge >= 0.3 is 6.09 Å². The lowest BCUT2D eigenvalue weighted by atomic mass is 10.0. The topological polar surface area (TPSA) is 81.5 Å². The van der Waals surface area contributed by atoms with Gasteiger partial charge in [0, 0.05) is 11.8 Å². The SMILES string of the molecule is C[C@H]([C@@H](CCc1ccccc1)NC(=O)OC(C)(C)C)[N+](=O)[O-]. The van der Waals surface area contributed by atoms with Crippen LogP contribution in [0.15, 0.2) is 30.3 Å². The lowest BCUT2D eigenvalue weighted by Gasteiger charge is -2.24. The van der Waals surface area contributed by atoms with Gasteiger partial charge in [0.1, 0.15) is 5.60 Å². The predicted molar refractivity (Wildman–Crippen MR) is 84.4 cm³/mol. The van der Waals surface area contributed by atoms with Gasteiger partial charge in [0.15, 0.2) is 0 Å². The van der Waals surface area contributed by atoms with Gasteiger partial charge in [0.2, 0.25) is 6.04 Å². The maximum atomic E-state index is 11.9. The van der Waals surface area contributed by atoms with Gasteiger partial charge in [-0.15, -0.1) is 0 Å². The van der Waals surface area contributed by atoms with E-state index in [1.54, 1.807) is 20.8 Å². The molecular weight excluding hydrogens is 284 g/mol. The third-order valence-corrected chi connectivity index (χ3v) is 3.20. The minimum Gasteiger partial charge on any atom is -0.444 e. The number of benzene rings is 1. The zero-order valence-electron chi connectivity index (χ0n) is 13.5. The van der Waals surface area contributed by atoms with E-state index in [0.29, 0.717) is 12.8 Å². The molecule has 1 amide bonds. The van der Waals surface area contributed by atoms with Crippen molar-refractivity contribution in [3.05, 3.63) is 46.0 Å². The quantitative estimate of drug-likeness (QED) is 0.646. The van der Waals surface area contributed by atoms with Crippen molar-refractivity contribution in [3.8, 4) is 0 Å². The lowest BCUT2D eigenvalue weighted by Crippen LogP contribution is -2.47. The molecule has 1 aromatic carbocycles. The second kappa shape index (κ2) is 7.77. The number of amides is 1. The number of carbonyl (C=O) groups excluding carboxylic acids is 1. The van der Waals surface area contributed by atoms with Crippen molar-refractivity contribution in [2.24, 2.45) is 0 Å². The van der Waals surface area contributed by atoms with E-state index in [1.807, 2.05) is 30.3 Å². The number of nitrogens with zero attached hydrogens (tertiary/aromatic N) is 1. The number of hydrogen-bond donors (Lipinski definition) is 1. The van der Waals surface area contributed by atoms with Crippen LogP contribution in [0.5, 0.6) is 0 Å². The first-order chi connectivity index (χ1) is 10.2. The van der Waals surface area contributed by atoms with E-state index in [-0.39, 0.29) is 4.92 Å². The maximum absolute atomic E-state index is 11.9. The number of alkyl carbamates (subject to hydrolysis) is 1. The van der Waals surface area contributed by atoms with E-state index < -0.39 is 23.8 Å². The molecule has 0 unspecified atom stereocenters. The van der Waals surface area contributed by atoms with Crippen LogP contribution in [0.25, 0.3) is 0 Å². The summed E-state index contributed by atoms with van der Waals surface area (Å²) in [7, 11) is 0. The lowest BCUT2D eigenvalue weighted by molar-refractivity contribution is -0.522. The summed E-state index contributed by atoms with van der Waals surface area (Å²) in [5, 5.41) is 13.7. The van der Waals surface area contributed by atoms with Crippen LogP contribution in [0.1, 0.15) is 39.7 Å². The van der Waals surface area contributed by atoms with Gasteiger partial charge < -0.3 is 10.1 Å². The van der Waals surface area contributed by atoms with Crippen molar-refractivity contribution in [1.82, 2.24) is 5.32 Å². The van der Waals surface area contributed by atoms with Crippen LogP contribution in [0.4, 0.5) is 4.79 Å². The van der Waals surface area contributed by atoms with Gasteiger partial charge in [0.25, 0.3) is 0 Å². The van der Waals surface area contributed by atoms with Crippen LogP contribution >= 0.6 is 0 Å². The minimum absolute atomic E-state index is 0.382. The molecule has 1 N–H and O–H groups in total. The molecule has 1 aromatic rings. The fraction of sp³-hybridized carbons (Fsp3) is 0.562. The number of rotatable bonds is 6. The van der Waals surface area contributed by atoms with Gasteiger partial charge in [-0.2, -0.15) is 0 Å². The van der Waals surface area contributed by atoms with Crippen LogP contribution in [0.3, 0.4) is 0 Å². The number of nitrogens with one attached hydrogen (secondary N) is 1. The second-order valence-corrected chi connectivity index (χ2v) is 6.30. The summed E-state index contributed by atoms with van der Waals surface area (Å²) in [6.45, 7) is 6.75. The zero-order chi connectivity index (χ0) is 16.8. The van der Waals surface area contributed by atoms with Crippen molar-refractivity contribution in [2.45, 2.75) is 58.2 Å². The molecular formula is C16H24N2O4. The zero-order valence-corrected chi connectivity index (χ0v) is 13.5. The second-order valence-electron chi connectivity index (χ2n) is 6.30. The summed E-state index contributed by atoms with van der Waals surface area (Å²) in [5.41, 5.74) is 0.445. The summed E-state index contributed by atoms with van der Waals surface area (Å²) in [5.74, 6) is 0. The molecule has 0 aliphatic rings. The highest BCUT2D eigenvalue weighted by molar-refractivity contribution is 5.68. The Morgan fingerprint density at radius 1 is 1.32 bits per heavy atom. The molecule has 1 rings (SSSR count). The van der Waals surface area contributed by atoms with E-state index in [2.05, 4.69) is 5.32 Å². The molecule has 0 saturated carbocycles. The van der Waals surface area contributed by atoms with E-state index >= 15 is 0 Å². The van der Waals surface area contributed by atoms with Crippen molar-refractivity contribution >= 4 is 6.09 Å². The Balaban J connectivity index is 2.68. The van der Waals surface area contributed by atoms with Crippen LogP contribution in [-0.2, 0) is 11.2 Å². The standard InChI is InChI=1S/C16H24N2O4/c1-12(18(20)21)14(17-15(19)22-16(2,3)4)11-10-13-8-6-5-7-9-13/h5-9,12,14H,10-11H2,1-4H3,(H,17,19)/t12-,14-/m1/s1. The molecule has 0 fully saturated rings. The first kappa shape index (κ1) is 17.9. The largest absolute Gasteiger partial charge is 0.444 e. The molecule has 0 bridgehead atoms. The molecule has 0 aliphatic carbocycles. The van der Waals surface area contributed by atoms with Crippen LogP contribution in [0.2, 0.25) is 0 Å². The van der Waals surface area contributed by atoms with Gasteiger partial charge in [-0.05, 0) is 39.2 Å². The first-order valence-electron chi connectivity index (χ1n) is 7.36. The van der Waals surface area contributed by atoms with Gasteiger partial charge in [-0.1, -0.05) is 30.3 Å². The highest BCUT2D eigenvalue weighted by Crippen LogP contribution is 2.12. The maximum Gasteiger partial charge on any atom is 0.408 e. The fourth-order valence-electron chi connectivity index (χ4n) is 2.01. The van der Waals surface area contributed by atoms with Crippen LogP contribution in [-0.4, -0.2) is 28.7 Å². The predicted octanol–water partition coefficient (Wildman–Crippen LogP) is 3.18. The summed E-state index contributed by atoms with van der Waals surface area (Å²) in [6.07, 6.45) is 0.504. The van der Waals surface area contributed by atoms with E-state index in [1.165, 1.54) is 6.92 Å². The molecule has 6 heteroatoms. The van der Waals surface area contributed by atoms with Crippen LogP contribution < -0.4 is 5.32 Å². The molecule has 0 saturated heterocycles. The Bertz CT molecular complexity index is 497. The highest BCUT2D eigenvalue weighted by Gasteiger charge is 2.29. The Kier molecular flexibility index (Phi) is 6.34. The van der Waals surface area contributed by atoms with Gasteiger partial charge in [-0.3, -0.25) is 10.1 Å². The Hall–Kier alpha value is -2.11. The molecule has 2 atom stereocenters. The summed E-state index contributed by atoms with van der Waals surface area (Å²) >= 11 is 0. The van der Waals surface area contributed by atoms with Crippen molar-refractivity contribution in [1.29, 1.82) is 0 Å². The average Bonchev–Trinajstić information content (AvgIpc) is 2.41. The Labute approximate surface area is 131 Å². The highest BCUT2D eigenvalue weighted by atomic mass is 16.6. The number of hydrogen-bond acceptors (Lipinski definition) is 4. The average molecular weight is 308 g/mol. The Morgan fingerprint density at radius 2 is 1.91 bits per heavy atom. The van der Waals surface area contributed by atoms with Crippen molar-refractivity contribution in [3.63, 3.8) is 0 Å². The molecule has 22 heavy (non-hydrogen) atoms. The van der Waals surface area contributed by atoms with E-state index in [9.17, 15) is 14.9 Å². The third-order valence-electron chi connectivity index (χ3n) is 3.20. The molecule has 0 aliphatic heterocycles. The number of aryl methyl sites for hydroxylation is 1. The number of ether oxygens (including phenoxy) is 1. The fourth-order valence-corrected chi connectivity index (χ4v) is 2.01. The summed E-state index contributed by atoms with van der Waals surface area (Å²) in [4.78, 5) is 22.5. The van der Waals surface area contributed by atoms with Crippen molar-refractivity contribution in [2.75, 3.05) is 0 Å². The molecule has 0 spiro atoms. The van der Waals surface area contributed by atoms with Crippen LogP contribution in [0, 0.1) is 10.1 Å². The van der Waals surface area contributed by atoms with Gasteiger partial charge in [-0.25, -0.2) is 4.79 Å². The van der Waals surface area contributed by atoms with E-state index in [4.69, 9.17) is 4.74 Å². The monoisotopic (exact) mass is 308 g/mol. The molecule has 0 aromatic heterocycles. The molecule has 0 radical (unpaired) electrons. The molecule has 122 valence electrons. The first-order valence-corrected chi connectivity index (χ1v) is 7.36. The summed E-state index contributed by atoms with van der Waals surface area (Å²) < 4.78 is 5.18. The van der Waals surface area contributed by atoms with E-state index in [0.717, 1.165) is 5.56 Å². The number of nitro groups is 1. The number of carbonyl (C=O) groups is 1. The van der Waals surface area contributed by atoms with Gasteiger partial charge in [0.05, 0.1) is 6.04 Å². The van der Waals surface area contributed by atoms with Crippen molar-refractivity contribution < 1.29 is 14.5 Å². The Morgan fingerprint density at radius 3 is 2.41 bits per heavy atom. The molecule has 0 heterocycles. The summed E-state index contributed by atoms with van der Waals surface area (Å²) in [6, 6.07) is 8.22. The minimum atomic E-state index is -0.878. The molecule has 6 nitrogen and oxygen atoms in total. The normalized spacial score (nSPS) is 14.0.